The summed E-state index contributed by atoms with van der Waals surface area (Å²) in [6.45, 7) is 10.7. The third-order valence-electron chi connectivity index (χ3n) is 4.08. The van der Waals surface area contributed by atoms with Crippen molar-refractivity contribution in [3.63, 3.8) is 0 Å². The van der Waals surface area contributed by atoms with Crippen molar-refractivity contribution in [1.82, 2.24) is 10.2 Å². The third-order valence-corrected chi connectivity index (χ3v) is 4.08. The van der Waals surface area contributed by atoms with Crippen LogP contribution in [0.15, 0.2) is 24.3 Å². The molecule has 1 fully saturated rings. The maximum absolute atomic E-state index is 6.04. The van der Waals surface area contributed by atoms with E-state index in [-0.39, 0.29) is 11.5 Å². The van der Waals surface area contributed by atoms with E-state index in [4.69, 9.17) is 4.74 Å². The molecule has 3 rings (SSSR count). The van der Waals surface area contributed by atoms with Crippen molar-refractivity contribution in [2.24, 2.45) is 0 Å². The Morgan fingerprint density at radius 2 is 1.91 bits per heavy atom. The highest BCUT2D eigenvalue weighted by atomic mass is 16.5. The zero-order valence-corrected chi connectivity index (χ0v) is 14.2. The Bertz CT molecular complexity index is 660. The molecule has 1 aliphatic carbocycles. The second-order valence-electron chi connectivity index (χ2n) is 7.61. The largest absolute Gasteiger partial charge is 0.491 e. The summed E-state index contributed by atoms with van der Waals surface area (Å²) in [7, 11) is 0. The van der Waals surface area contributed by atoms with Crippen LogP contribution in [0.3, 0.4) is 0 Å². The van der Waals surface area contributed by atoms with Crippen LogP contribution >= 0.6 is 0 Å². The Morgan fingerprint density at radius 3 is 2.45 bits per heavy atom. The molecule has 22 heavy (non-hydrogen) atoms. The fraction of sp³-hybridized carbons (Fsp3) is 0.526. The van der Waals surface area contributed by atoms with Gasteiger partial charge >= 0.3 is 0 Å². The average Bonchev–Trinajstić information content (AvgIpc) is 3.12. The van der Waals surface area contributed by atoms with Gasteiger partial charge in [0, 0.05) is 16.7 Å². The van der Waals surface area contributed by atoms with E-state index in [9.17, 15) is 0 Å². The average molecular weight is 298 g/mol. The van der Waals surface area contributed by atoms with Crippen molar-refractivity contribution >= 4 is 0 Å². The number of ether oxygens (including phenoxy) is 1. The second-order valence-corrected chi connectivity index (χ2v) is 7.61. The second kappa shape index (κ2) is 5.45. The third kappa shape index (κ3) is 3.18. The van der Waals surface area contributed by atoms with Crippen molar-refractivity contribution in [3.05, 3.63) is 35.5 Å². The highest BCUT2D eigenvalue weighted by Gasteiger charge is 2.27. The summed E-state index contributed by atoms with van der Waals surface area (Å²) in [6.07, 6.45) is 2.76. The van der Waals surface area contributed by atoms with Gasteiger partial charge in [0.2, 0.25) is 0 Å². The zero-order chi connectivity index (χ0) is 15.9. The number of H-pyrrole nitrogens is 1. The van der Waals surface area contributed by atoms with Crippen LogP contribution < -0.4 is 4.74 Å². The van der Waals surface area contributed by atoms with Gasteiger partial charge in [0.15, 0.2) is 0 Å². The molecule has 1 saturated carbocycles. The highest BCUT2D eigenvalue weighted by molar-refractivity contribution is 5.63. The molecule has 0 saturated heterocycles. The predicted molar refractivity (Wildman–Crippen MR) is 90.5 cm³/mol. The molecule has 1 aliphatic rings. The van der Waals surface area contributed by atoms with Crippen LogP contribution in [0, 0.1) is 0 Å². The number of nitrogens with zero attached hydrogens (tertiary/aromatic N) is 1. The van der Waals surface area contributed by atoms with Crippen LogP contribution in [-0.4, -0.2) is 16.3 Å². The summed E-state index contributed by atoms with van der Waals surface area (Å²) < 4.78 is 6.04. The topological polar surface area (TPSA) is 37.9 Å². The van der Waals surface area contributed by atoms with E-state index in [0.717, 1.165) is 22.7 Å². The number of benzene rings is 1. The van der Waals surface area contributed by atoms with E-state index in [1.165, 1.54) is 18.4 Å². The number of aromatic nitrogens is 2. The van der Waals surface area contributed by atoms with Gasteiger partial charge in [-0.05, 0) is 50.3 Å². The monoisotopic (exact) mass is 298 g/mol. The molecule has 0 radical (unpaired) electrons. The maximum Gasteiger partial charge on any atom is 0.123 e. The predicted octanol–water partition coefficient (Wildman–Crippen LogP) is 5.04. The zero-order valence-electron chi connectivity index (χ0n) is 14.2. The summed E-state index contributed by atoms with van der Waals surface area (Å²) >= 11 is 0. The van der Waals surface area contributed by atoms with Gasteiger partial charge in [0.05, 0.1) is 11.8 Å². The first-order valence-corrected chi connectivity index (χ1v) is 8.21. The SMILES string of the molecule is CC(C)Oc1cc(-c2cc(C(C)(C)C)[nH]n2)ccc1C1CC1. The molecule has 0 spiro atoms. The van der Waals surface area contributed by atoms with Crippen LogP contribution in [0.2, 0.25) is 0 Å². The Morgan fingerprint density at radius 1 is 1.18 bits per heavy atom. The first-order valence-electron chi connectivity index (χ1n) is 8.21. The molecule has 1 aromatic heterocycles. The molecule has 0 aliphatic heterocycles. The van der Waals surface area contributed by atoms with E-state index in [1.807, 2.05) is 0 Å². The molecule has 3 heteroatoms. The number of hydrogen-bond acceptors (Lipinski definition) is 2. The van der Waals surface area contributed by atoms with E-state index in [1.54, 1.807) is 0 Å². The Balaban J connectivity index is 1.95. The van der Waals surface area contributed by atoms with Crippen LogP contribution in [0.25, 0.3) is 11.3 Å². The lowest BCUT2D eigenvalue weighted by Gasteiger charge is -2.15. The van der Waals surface area contributed by atoms with Crippen molar-refractivity contribution in [3.8, 4) is 17.0 Å². The minimum atomic E-state index is 0.0798. The fourth-order valence-corrected chi connectivity index (χ4v) is 2.64. The molecular formula is C19H26N2O. The summed E-state index contributed by atoms with van der Waals surface area (Å²) in [5.74, 6) is 1.71. The van der Waals surface area contributed by atoms with E-state index >= 15 is 0 Å². The minimum absolute atomic E-state index is 0.0798. The molecule has 0 bridgehead atoms. The van der Waals surface area contributed by atoms with Crippen molar-refractivity contribution in [2.45, 2.75) is 64.9 Å². The van der Waals surface area contributed by atoms with Crippen LogP contribution in [-0.2, 0) is 5.41 Å². The number of hydrogen-bond donors (Lipinski definition) is 1. The molecule has 1 heterocycles. The van der Waals surface area contributed by atoms with Gasteiger partial charge in [0.1, 0.15) is 5.75 Å². The van der Waals surface area contributed by atoms with Crippen LogP contribution in [0.5, 0.6) is 5.75 Å². The van der Waals surface area contributed by atoms with E-state index < -0.39 is 0 Å². The molecule has 3 nitrogen and oxygen atoms in total. The molecule has 0 amide bonds. The van der Waals surface area contributed by atoms with Crippen molar-refractivity contribution in [1.29, 1.82) is 0 Å². The number of rotatable bonds is 4. The van der Waals surface area contributed by atoms with E-state index in [2.05, 4.69) is 69.1 Å². The molecule has 1 N–H and O–H groups in total. The molecular weight excluding hydrogens is 272 g/mol. The standard InChI is InChI=1S/C19H26N2O/c1-12(2)22-17-10-14(8-9-15(17)13-6-7-13)16-11-18(21-20-16)19(3,4)5/h8-13H,6-7H2,1-5H3,(H,20,21). The minimum Gasteiger partial charge on any atom is -0.491 e. The molecule has 0 atom stereocenters. The summed E-state index contributed by atoms with van der Waals surface area (Å²) in [5, 5.41) is 7.65. The molecule has 0 unspecified atom stereocenters. The molecule has 2 aromatic rings. The van der Waals surface area contributed by atoms with Crippen molar-refractivity contribution < 1.29 is 4.74 Å². The molecule has 118 valence electrons. The first kappa shape index (κ1) is 15.1. The normalized spacial score (nSPS) is 15.4. The van der Waals surface area contributed by atoms with Crippen LogP contribution in [0.1, 0.15) is 64.6 Å². The summed E-state index contributed by atoms with van der Waals surface area (Å²) in [6, 6.07) is 8.68. The fourth-order valence-electron chi connectivity index (χ4n) is 2.64. The smallest absolute Gasteiger partial charge is 0.123 e. The lowest BCUT2D eigenvalue weighted by atomic mass is 9.92. The number of nitrogens with one attached hydrogen (secondary N) is 1. The highest BCUT2D eigenvalue weighted by Crippen LogP contribution is 2.45. The van der Waals surface area contributed by atoms with Crippen LogP contribution in [0.4, 0.5) is 0 Å². The van der Waals surface area contributed by atoms with Gasteiger partial charge in [-0.2, -0.15) is 5.10 Å². The lowest BCUT2D eigenvalue weighted by molar-refractivity contribution is 0.240. The first-order chi connectivity index (χ1) is 10.3. The van der Waals surface area contributed by atoms with E-state index in [0.29, 0.717) is 5.92 Å². The Hall–Kier alpha value is -1.77. The summed E-state index contributed by atoms with van der Waals surface area (Å²) in [4.78, 5) is 0. The van der Waals surface area contributed by atoms with Gasteiger partial charge in [0.25, 0.3) is 0 Å². The Labute approximate surface area is 133 Å². The van der Waals surface area contributed by atoms with Gasteiger partial charge in [-0.1, -0.05) is 32.9 Å². The number of aromatic amines is 1. The lowest BCUT2D eigenvalue weighted by Crippen LogP contribution is -2.11. The Kier molecular flexibility index (Phi) is 3.75. The quantitative estimate of drug-likeness (QED) is 0.858. The van der Waals surface area contributed by atoms with Gasteiger partial charge < -0.3 is 4.74 Å². The summed E-state index contributed by atoms with van der Waals surface area (Å²) in [5.41, 5.74) is 4.69. The van der Waals surface area contributed by atoms with Gasteiger partial charge in [-0.15, -0.1) is 0 Å². The van der Waals surface area contributed by atoms with Gasteiger partial charge in [-0.25, -0.2) is 0 Å². The van der Waals surface area contributed by atoms with Crippen molar-refractivity contribution in [2.75, 3.05) is 0 Å². The maximum atomic E-state index is 6.04. The molecule has 1 aromatic carbocycles. The van der Waals surface area contributed by atoms with Gasteiger partial charge in [-0.3, -0.25) is 5.10 Å².